The highest BCUT2D eigenvalue weighted by molar-refractivity contribution is 5.89. The SMILES string of the molecule is COC(=O)C1CCC(=N)N1C. The van der Waals surface area contributed by atoms with E-state index in [1.54, 1.807) is 11.9 Å². The van der Waals surface area contributed by atoms with Crippen molar-refractivity contribution in [3.05, 3.63) is 0 Å². The van der Waals surface area contributed by atoms with Gasteiger partial charge >= 0.3 is 5.97 Å². The van der Waals surface area contributed by atoms with Gasteiger partial charge in [-0.25, -0.2) is 4.79 Å². The van der Waals surface area contributed by atoms with Crippen LogP contribution in [0.2, 0.25) is 0 Å². The summed E-state index contributed by atoms with van der Waals surface area (Å²) in [6, 6.07) is -0.229. The number of rotatable bonds is 1. The molecule has 4 heteroatoms. The van der Waals surface area contributed by atoms with Crippen molar-refractivity contribution in [2.45, 2.75) is 18.9 Å². The van der Waals surface area contributed by atoms with Gasteiger partial charge < -0.3 is 9.64 Å². The second-order valence-corrected chi connectivity index (χ2v) is 2.64. The van der Waals surface area contributed by atoms with Crippen molar-refractivity contribution >= 4 is 11.8 Å². The first kappa shape index (κ1) is 8.04. The summed E-state index contributed by atoms with van der Waals surface area (Å²) in [5.41, 5.74) is 0. The van der Waals surface area contributed by atoms with Gasteiger partial charge in [0.15, 0.2) is 0 Å². The molecule has 1 atom stereocenters. The largest absolute Gasteiger partial charge is 0.467 e. The van der Waals surface area contributed by atoms with Crippen molar-refractivity contribution in [3.63, 3.8) is 0 Å². The van der Waals surface area contributed by atoms with Gasteiger partial charge in [0.2, 0.25) is 0 Å². The third-order valence-electron chi connectivity index (χ3n) is 2.02. The first-order valence-electron chi connectivity index (χ1n) is 3.55. The normalized spacial score (nSPS) is 24.0. The van der Waals surface area contributed by atoms with Gasteiger partial charge in [-0.1, -0.05) is 0 Å². The summed E-state index contributed by atoms with van der Waals surface area (Å²) in [6.07, 6.45) is 1.39. The predicted octanol–water partition coefficient (Wildman–Crippen LogP) is 0.231. The number of carbonyl (C=O) groups is 1. The van der Waals surface area contributed by atoms with Gasteiger partial charge in [-0.15, -0.1) is 0 Å². The van der Waals surface area contributed by atoms with E-state index in [-0.39, 0.29) is 12.0 Å². The van der Waals surface area contributed by atoms with E-state index in [1.807, 2.05) is 0 Å². The smallest absolute Gasteiger partial charge is 0.328 e. The summed E-state index contributed by atoms with van der Waals surface area (Å²) >= 11 is 0. The van der Waals surface area contributed by atoms with E-state index in [0.717, 1.165) is 0 Å². The molecule has 1 N–H and O–H groups in total. The number of amidine groups is 1. The Morgan fingerprint density at radius 2 is 2.45 bits per heavy atom. The molecule has 11 heavy (non-hydrogen) atoms. The van der Waals surface area contributed by atoms with Gasteiger partial charge in [0.05, 0.1) is 12.9 Å². The zero-order valence-electron chi connectivity index (χ0n) is 6.76. The van der Waals surface area contributed by atoms with Crippen LogP contribution in [0.15, 0.2) is 0 Å². The number of hydrogen-bond donors (Lipinski definition) is 1. The molecule has 0 aromatic heterocycles. The van der Waals surface area contributed by atoms with Crippen molar-refractivity contribution < 1.29 is 9.53 Å². The van der Waals surface area contributed by atoms with Crippen molar-refractivity contribution in [1.29, 1.82) is 5.41 Å². The second kappa shape index (κ2) is 2.90. The number of ether oxygens (including phenoxy) is 1. The van der Waals surface area contributed by atoms with Gasteiger partial charge in [-0.2, -0.15) is 0 Å². The Kier molecular flexibility index (Phi) is 2.12. The molecular weight excluding hydrogens is 144 g/mol. The highest BCUT2D eigenvalue weighted by atomic mass is 16.5. The Hall–Kier alpha value is -1.06. The molecule has 1 unspecified atom stereocenters. The Morgan fingerprint density at radius 3 is 2.82 bits per heavy atom. The van der Waals surface area contributed by atoms with E-state index < -0.39 is 0 Å². The lowest BCUT2D eigenvalue weighted by atomic mass is 10.2. The molecule has 4 nitrogen and oxygen atoms in total. The standard InChI is InChI=1S/C7H12N2O2/c1-9-5(7(10)11-2)3-4-6(9)8/h5,8H,3-4H2,1-2H3. The number of carbonyl (C=O) groups excluding carboxylic acids is 1. The van der Waals surface area contributed by atoms with Crippen LogP contribution in [0, 0.1) is 5.41 Å². The van der Waals surface area contributed by atoms with E-state index >= 15 is 0 Å². The lowest BCUT2D eigenvalue weighted by Crippen LogP contribution is -2.35. The van der Waals surface area contributed by atoms with E-state index in [1.165, 1.54) is 7.11 Å². The second-order valence-electron chi connectivity index (χ2n) is 2.64. The first-order chi connectivity index (χ1) is 5.16. The molecule has 0 aliphatic carbocycles. The molecule has 1 fully saturated rings. The van der Waals surface area contributed by atoms with Crippen molar-refractivity contribution in [3.8, 4) is 0 Å². The Bertz CT molecular complexity index is 191. The van der Waals surface area contributed by atoms with Gasteiger partial charge in [-0.05, 0) is 6.42 Å². The number of hydrogen-bond acceptors (Lipinski definition) is 3. The van der Waals surface area contributed by atoms with Crippen LogP contribution < -0.4 is 0 Å². The molecule has 0 radical (unpaired) electrons. The van der Waals surface area contributed by atoms with Crippen molar-refractivity contribution in [1.82, 2.24) is 4.90 Å². The summed E-state index contributed by atoms with van der Waals surface area (Å²) < 4.78 is 4.58. The number of likely N-dealkylation sites (N-methyl/N-ethyl adjacent to an activating group) is 1. The molecule has 62 valence electrons. The number of nitrogens with zero attached hydrogens (tertiary/aromatic N) is 1. The van der Waals surface area contributed by atoms with Crippen molar-refractivity contribution in [2.75, 3.05) is 14.2 Å². The molecule has 0 saturated carbocycles. The quantitative estimate of drug-likeness (QED) is 0.553. The monoisotopic (exact) mass is 156 g/mol. The van der Waals surface area contributed by atoms with E-state index in [4.69, 9.17) is 5.41 Å². The average Bonchev–Trinajstić information content (AvgIpc) is 2.32. The zero-order valence-corrected chi connectivity index (χ0v) is 6.76. The summed E-state index contributed by atoms with van der Waals surface area (Å²) in [4.78, 5) is 12.7. The maximum absolute atomic E-state index is 11.0. The van der Waals surface area contributed by atoms with Crippen LogP contribution in [0.4, 0.5) is 0 Å². The Balaban J connectivity index is 2.61. The minimum Gasteiger partial charge on any atom is -0.467 e. The third-order valence-corrected chi connectivity index (χ3v) is 2.02. The molecule has 0 spiro atoms. The number of nitrogens with one attached hydrogen (secondary N) is 1. The van der Waals surface area contributed by atoms with Crippen LogP contribution in [0.3, 0.4) is 0 Å². The lowest BCUT2D eigenvalue weighted by Gasteiger charge is -2.18. The number of esters is 1. The molecule has 0 amide bonds. The lowest BCUT2D eigenvalue weighted by molar-refractivity contribution is -0.144. The summed E-state index contributed by atoms with van der Waals surface area (Å²) in [6.45, 7) is 0. The van der Waals surface area contributed by atoms with Crippen LogP contribution in [0.5, 0.6) is 0 Å². The molecule has 0 aromatic rings. The molecule has 1 heterocycles. The molecule has 1 aliphatic heterocycles. The highest BCUT2D eigenvalue weighted by Gasteiger charge is 2.31. The third kappa shape index (κ3) is 1.34. The van der Waals surface area contributed by atoms with Gasteiger partial charge in [0.1, 0.15) is 6.04 Å². The molecule has 0 aromatic carbocycles. The first-order valence-corrected chi connectivity index (χ1v) is 3.55. The molecule has 1 saturated heterocycles. The fraction of sp³-hybridized carbons (Fsp3) is 0.714. The Labute approximate surface area is 65.6 Å². The Morgan fingerprint density at radius 1 is 1.82 bits per heavy atom. The molecule has 0 bridgehead atoms. The van der Waals surface area contributed by atoms with E-state index in [0.29, 0.717) is 18.7 Å². The fourth-order valence-corrected chi connectivity index (χ4v) is 1.24. The van der Waals surface area contributed by atoms with Crippen LogP contribution in [-0.4, -0.2) is 36.9 Å². The zero-order chi connectivity index (χ0) is 8.43. The molecule has 1 rings (SSSR count). The number of methoxy groups -OCH3 is 1. The number of likely N-dealkylation sites (tertiary alicyclic amines) is 1. The molecular formula is C7H12N2O2. The van der Waals surface area contributed by atoms with Crippen LogP contribution in [-0.2, 0) is 9.53 Å². The van der Waals surface area contributed by atoms with Crippen LogP contribution in [0.1, 0.15) is 12.8 Å². The maximum atomic E-state index is 11.0. The molecule has 1 aliphatic rings. The topological polar surface area (TPSA) is 53.4 Å². The maximum Gasteiger partial charge on any atom is 0.328 e. The van der Waals surface area contributed by atoms with Crippen molar-refractivity contribution in [2.24, 2.45) is 0 Å². The fourth-order valence-electron chi connectivity index (χ4n) is 1.24. The van der Waals surface area contributed by atoms with Gasteiger partial charge in [0, 0.05) is 13.5 Å². The average molecular weight is 156 g/mol. The van der Waals surface area contributed by atoms with E-state index in [2.05, 4.69) is 4.74 Å². The van der Waals surface area contributed by atoms with E-state index in [9.17, 15) is 4.79 Å². The summed E-state index contributed by atoms with van der Waals surface area (Å²) in [5.74, 6) is 0.273. The van der Waals surface area contributed by atoms with Gasteiger partial charge in [0.25, 0.3) is 0 Å². The van der Waals surface area contributed by atoms with Gasteiger partial charge in [-0.3, -0.25) is 5.41 Å². The minimum atomic E-state index is -0.241. The predicted molar refractivity (Wildman–Crippen MR) is 40.5 cm³/mol. The summed E-state index contributed by atoms with van der Waals surface area (Å²) in [7, 11) is 3.12. The minimum absolute atomic E-state index is 0.229. The highest BCUT2D eigenvalue weighted by Crippen LogP contribution is 2.17. The van der Waals surface area contributed by atoms with Crippen LogP contribution in [0.25, 0.3) is 0 Å². The summed E-state index contributed by atoms with van der Waals surface area (Å²) in [5, 5.41) is 7.37. The van der Waals surface area contributed by atoms with Crippen LogP contribution >= 0.6 is 0 Å².